The Labute approximate surface area is 132 Å². The highest BCUT2D eigenvalue weighted by Gasteiger charge is 2.29. The molecule has 0 spiro atoms. The molecule has 0 unspecified atom stereocenters. The van der Waals surface area contributed by atoms with Crippen molar-refractivity contribution in [2.75, 3.05) is 34.2 Å². The molecular weight excluding hydrogens is 278 g/mol. The number of rotatable bonds is 2. The first kappa shape index (κ1) is 16.5. The predicted octanol–water partition coefficient (Wildman–Crippen LogP) is 1.55. The van der Waals surface area contributed by atoms with E-state index in [4.69, 9.17) is 0 Å². The molecule has 0 saturated carbocycles. The highest BCUT2D eigenvalue weighted by atomic mass is 16.2. The molecule has 120 valence electrons. The summed E-state index contributed by atoms with van der Waals surface area (Å²) in [6.07, 6.45) is 0. The number of hydrogen-bond donors (Lipinski definition) is 0. The fraction of sp³-hybridized carbons (Fsp3) is 0.529. The molecule has 1 saturated heterocycles. The molecule has 1 aliphatic rings. The zero-order valence-corrected chi connectivity index (χ0v) is 14.0. The SMILES string of the molecule is C[C@@H]1CN(C(=O)c2cccc(C(=O)N(C)C)c2)C[C@H](C)N1C. The zero-order valence-electron chi connectivity index (χ0n) is 14.0. The van der Waals surface area contributed by atoms with Crippen molar-refractivity contribution in [1.29, 1.82) is 0 Å². The lowest BCUT2D eigenvalue weighted by molar-refractivity contribution is 0.0414. The largest absolute Gasteiger partial charge is 0.345 e. The van der Waals surface area contributed by atoms with Crippen LogP contribution < -0.4 is 0 Å². The molecule has 5 heteroatoms. The second kappa shape index (κ2) is 6.48. The Hall–Kier alpha value is -1.88. The first-order chi connectivity index (χ1) is 10.3. The van der Waals surface area contributed by atoms with Gasteiger partial charge in [0.25, 0.3) is 11.8 Å². The van der Waals surface area contributed by atoms with Gasteiger partial charge in [0.05, 0.1) is 0 Å². The summed E-state index contributed by atoms with van der Waals surface area (Å²) in [6.45, 7) is 5.68. The minimum absolute atomic E-state index is 0.000191. The van der Waals surface area contributed by atoms with Crippen molar-refractivity contribution in [3.63, 3.8) is 0 Å². The topological polar surface area (TPSA) is 43.9 Å². The van der Waals surface area contributed by atoms with Crippen molar-refractivity contribution in [1.82, 2.24) is 14.7 Å². The van der Waals surface area contributed by atoms with Gasteiger partial charge in [-0.3, -0.25) is 14.5 Å². The summed E-state index contributed by atoms with van der Waals surface area (Å²) in [5.41, 5.74) is 1.13. The number of nitrogens with zero attached hydrogens (tertiary/aromatic N) is 3. The number of piperazine rings is 1. The molecule has 0 bridgehead atoms. The molecule has 0 N–H and O–H groups in total. The Morgan fingerprint density at radius 3 is 2.18 bits per heavy atom. The van der Waals surface area contributed by atoms with E-state index in [-0.39, 0.29) is 11.8 Å². The monoisotopic (exact) mass is 303 g/mol. The number of carbonyl (C=O) groups is 2. The van der Waals surface area contributed by atoms with Crippen LogP contribution in [0.3, 0.4) is 0 Å². The van der Waals surface area contributed by atoms with E-state index >= 15 is 0 Å². The Morgan fingerprint density at radius 2 is 1.64 bits per heavy atom. The predicted molar refractivity (Wildman–Crippen MR) is 87.1 cm³/mol. The minimum atomic E-state index is -0.0882. The van der Waals surface area contributed by atoms with Gasteiger partial charge in [-0.05, 0) is 39.1 Å². The van der Waals surface area contributed by atoms with Crippen molar-refractivity contribution >= 4 is 11.8 Å². The third-order valence-electron chi connectivity index (χ3n) is 4.41. The number of benzene rings is 1. The van der Waals surface area contributed by atoms with E-state index in [1.54, 1.807) is 38.4 Å². The summed E-state index contributed by atoms with van der Waals surface area (Å²) in [6, 6.07) is 7.65. The van der Waals surface area contributed by atoms with Gasteiger partial charge in [-0.25, -0.2) is 0 Å². The van der Waals surface area contributed by atoms with Crippen molar-refractivity contribution in [2.45, 2.75) is 25.9 Å². The molecule has 22 heavy (non-hydrogen) atoms. The smallest absolute Gasteiger partial charge is 0.253 e. The molecule has 2 amide bonds. The highest BCUT2D eigenvalue weighted by molar-refractivity contribution is 5.99. The molecule has 1 heterocycles. The van der Waals surface area contributed by atoms with Crippen molar-refractivity contribution in [3.8, 4) is 0 Å². The van der Waals surface area contributed by atoms with Gasteiger partial charge < -0.3 is 9.80 Å². The molecule has 0 aromatic heterocycles. The molecule has 1 fully saturated rings. The van der Waals surface area contributed by atoms with E-state index in [0.29, 0.717) is 36.3 Å². The summed E-state index contributed by atoms with van der Waals surface area (Å²) >= 11 is 0. The van der Waals surface area contributed by atoms with Crippen molar-refractivity contribution in [2.24, 2.45) is 0 Å². The van der Waals surface area contributed by atoms with Crippen LogP contribution in [0.25, 0.3) is 0 Å². The molecule has 0 aliphatic carbocycles. The lowest BCUT2D eigenvalue weighted by Gasteiger charge is -2.42. The van der Waals surface area contributed by atoms with Crippen LogP contribution in [0.15, 0.2) is 24.3 Å². The van der Waals surface area contributed by atoms with E-state index in [1.165, 1.54) is 4.90 Å². The Bertz CT molecular complexity index is 559. The zero-order chi connectivity index (χ0) is 16.4. The first-order valence-electron chi connectivity index (χ1n) is 7.64. The van der Waals surface area contributed by atoms with Gasteiger partial charge in [0, 0.05) is 50.4 Å². The van der Waals surface area contributed by atoms with Crippen LogP contribution >= 0.6 is 0 Å². The molecule has 0 radical (unpaired) electrons. The average molecular weight is 303 g/mol. The quantitative estimate of drug-likeness (QED) is 0.833. The second-order valence-corrected chi connectivity index (χ2v) is 6.35. The summed E-state index contributed by atoms with van der Waals surface area (Å²) in [5, 5.41) is 0. The number of carbonyl (C=O) groups excluding carboxylic acids is 2. The molecule has 2 atom stereocenters. The third kappa shape index (κ3) is 3.30. The van der Waals surface area contributed by atoms with Gasteiger partial charge in [0.2, 0.25) is 0 Å². The summed E-state index contributed by atoms with van der Waals surface area (Å²) < 4.78 is 0. The number of likely N-dealkylation sites (N-methyl/N-ethyl adjacent to an activating group) is 1. The Morgan fingerprint density at radius 1 is 1.09 bits per heavy atom. The molecule has 5 nitrogen and oxygen atoms in total. The second-order valence-electron chi connectivity index (χ2n) is 6.35. The fourth-order valence-electron chi connectivity index (χ4n) is 2.80. The summed E-state index contributed by atoms with van der Waals surface area (Å²) in [7, 11) is 5.51. The molecule has 2 rings (SSSR count). The molecular formula is C17H25N3O2. The van der Waals surface area contributed by atoms with Crippen LogP contribution in [0.4, 0.5) is 0 Å². The first-order valence-corrected chi connectivity index (χ1v) is 7.64. The van der Waals surface area contributed by atoms with E-state index in [9.17, 15) is 9.59 Å². The average Bonchev–Trinajstić information content (AvgIpc) is 2.50. The maximum atomic E-state index is 12.7. The van der Waals surface area contributed by atoms with Crippen LogP contribution in [-0.4, -0.2) is 72.8 Å². The number of amides is 2. The van der Waals surface area contributed by atoms with Crippen LogP contribution in [-0.2, 0) is 0 Å². The lowest BCUT2D eigenvalue weighted by Crippen LogP contribution is -2.56. The normalized spacial score (nSPS) is 22.5. The van der Waals surface area contributed by atoms with Crippen LogP contribution in [0, 0.1) is 0 Å². The third-order valence-corrected chi connectivity index (χ3v) is 4.41. The Balaban J connectivity index is 2.20. The van der Waals surface area contributed by atoms with Gasteiger partial charge in [0.15, 0.2) is 0 Å². The standard InChI is InChI=1S/C17H25N3O2/c1-12-10-20(11-13(2)19(12)5)17(22)15-8-6-7-14(9-15)16(21)18(3)4/h6-9,12-13H,10-11H2,1-5H3/t12-,13+. The van der Waals surface area contributed by atoms with Gasteiger partial charge in [-0.15, -0.1) is 0 Å². The van der Waals surface area contributed by atoms with Crippen molar-refractivity contribution in [3.05, 3.63) is 35.4 Å². The fourth-order valence-corrected chi connectivity index (χ4v) is 2.80. The van der Waals surface area contributed by atoms with Gasteiger partial charge >= 0.3 is 0 Å². The van der Waals surface area contributed by atoms with E-state index < -0.39 is 0 Å². The van der Waals surface area contributed by atoms with Crippen molar-refractivity contribution < 1.29 is 9.59 Å². The maximum Gasteiger partial charge on any atom is 0.253 e. The lowest BCUT2D eigenvalue weighted by atomic mass is 10.1. The van der Waals surface area contributed by atoms with Crippen LogP contribution in [0.2, 0.25) is 0 Å². The van der Waals surface area contributed by atoms with E-state index in [0.717, 1.165) is 0 Å². The van der Waals surface area contributed by atoms with E-state index in [2.05, 4.69) is 25.8 Å². The highest BCUT2D eigenvalue weighted by Crippen LogP contribution is 2.17. The van der Waals surface area contributed by atoms with Gasteiger partial charge in [-0.2, -0.15) is 0 Å². The minimum Gasteiger partial charge on any atom is -0.345 e. The van der Waals surface area contributed by atoms with Crippen LogP contribution in [0.1, 0.15) is 34.6 Å². The number of hydrogen-bond acceptors (Lipinski definition) is 3. The summed E-state index contributed by atoms with van der Waals surface area (Å²) in [4.78, 5) is 30.5. The molecule has 1 aromatic rings. The van der Waals surface area contributed by atoms with E-state index in [1.807, 2.05) is 4.90 Å². The molecule has 1 aromatic carbocycles. The molecule has 1 aliphatic heterocycles. The van der Waals surface area contributed by atoms with Crippen LogP contribution in [0.5, 0.6) is 0 Å². The van der Waals surface area contributed by atoms with Gasteiger partial charge in [-0.1, -0.05) is 6.07 Å². The Kier molecular flexibility index (Phi) is 4.86. The van der Waals surface area contributed by atoms with Gasteiger partial charge in [0.1, 0.15) is 0 Å². The maximum absolute atomic E-state index is 12.7. The summed E-state index contributed by atoms with van der Waals surface area (Å²) in [5.74, 6) is -0.0880.